The van der Waals surface area contributed by atoms with Crippen LogP contribution in [-0.4, -0.2) is 11.1 Å². The van der Waals surface area contributed by atoms with Crippen LogP contribution in [0.15, 0.2) is 18.2 Å². The van der Waals surface area contributed by atoms with Crippen LogP contribution in [0.2, 0.25) is 0 Å². The zero-order chi connectivity index (χ0) is 11.3. The molecule has 1 atom stereocenters. The molecule has 2 aliphatic rings. The van der Waals surface area contributed by atoms with Crippen LogP contribution in [0.5, 0.6) is 0 Å². The van der Waals surface area contributed by atoms with Crippen LogP contribution in [0.4, 0.5) is 0 Å². The highest BCUT2D eigenvalue weighted by Crippen LogP contribution is 2.56. The summed E-state index contributed by atoms with van der Waals surface area (Å²) < 4.78 is 0. The summed E-state index contributed by atoms with van der Waals surface area (Å²) >= 11 is 0. The van der Waals surface area contributed by atoms with Gasteiger partial charge in [-0.15, -0.1) is 0 Å². The highest BCUT2D eigenvalue weighted by Gasteiger charge is 2.49. The molecule has 0 amide bonds. The maximum atomic E-state index is 11.3. The summed E-state index contributed by atoms with van der Waals surface area (Å²) in [5.41, 5.74) is 3.85. The van der Waals surface area contributed by atoms with Gasteiger partial charge < -0.3 is 5.11 Å². The number of hydrogen-bond donors (Lipinski definition) is 1. The van der Waals surface area contributed by atoms with E-state index < -0.39 is 5.97 Å². The van der Waals surface area contributed by atoms with E-state index >= 15 is 0 Å². The summed E-state index contributed by atoms with van der Waals surface area (Å²) in [6, 6.07) is 6.26. The van der Waals surface area contributed by atoms with E-state index in [0.717, 1.165) is 12.0 Å². The molecule has 3 rings (SSSR count). The van der Waals surface area contributed by atoms with E-state index in [1.54, 1.807) is 0 Å². The molecular formula is C14H16O2. The Hall–Kier alpha value is -1.31. The molecule has 16 heavy (non-hydrogen) atoms. The maximum absolute atomic E-state index is 11.3. The molecule has 2 nitrogen and oxygen atoms in total. The maximum Gasteiger partial charge on any atom is 0.311 e. The van der Waals surface area contributed by atoms with Crippen LogP contribution in [-0.2, 0) is 10.2 Å². The second-order valence-corrected chi connectivity index (χ2v) is 5.32. The molecule has 0 radical (unpaired) electrons. The molecule has 0 aromatic heterocycles. The van der Waals surface area contributed by atoms with Gasteiger partial charge in [0, 0.05) is 0 Å². The van der Waals surface area contributed by atoms with Crippen LogP contribution in [0.25, 0.3) is 0 Å². The van der Waals surface area contributed by atoms with E-state index in [1.165, 1.54) is 30.4 Å². The highest BCUT2D eigenvalue weighted by molar-refractivity contribution is 5.79. The zero-order valence-electron chi connectivity index (χ0n) is 9.49. The molecule has 84 valence electrons. The molecule has 1 N–H and O–H groups in total. The first kappa shape index (κ1) is 9.88. The van der Waals surface area contributed by atoms with Crippen molar-refractivity contribution in [2.75, 3.05) is 0 Å². The van der Waals surface area contributed by atoms with Crippen molar-refractivity contribution in [2.45, 2.75) is 43.9 Å². The van der Waals surface area contributed by atoms with E-state index in [9.17, 15) is 9.90 Å². The number of rotatable bonds is 1. The molecule has 2 aliphatic carbocycles. The van der Waals surface area contributed by atoms with Crippen molar-refractivity contribution in [3.8, 4) is 0 Å². The van der Waals surface area contributed by atoms with Crippen molar-refractivity contribution in [3.05, 3.63) is 34.9 Å². The Labute approximate surface area is 95.3 Å². The lowest BCUT2D eigenvalue weighted by atomic mass is 9.65. The van der Waals surface area contributed by atoms with Crippen LogP contribution < -0.4 is 0 Å². The molecule has 1 aromatic carbocycles. The van der Waals surface area contributed by atoms with Gasteiger partial charge in [-0.3, -0.25) is 4.79 Å². The summed E-state index contributed by atoms with van der Waals surface area (Å²) in [6.07, 6.45) is 4.42. The largest absolute Gasteiger partial charge is 0.481 e. The molecule has 0 aliphatic heterocycles. The third kappa shape index (κ3) is 1.16. The van der Waals surface area contributed by atoms with E-state index in [0.29, 0.717) is 0 Å². The van der Waals surface area contributed by atoms with Crippen molar-refractivity contribution in [1.29, 1.82) is 0 Å². The van der Waals surface area contributed by atoms with E-state index in [2.05, 4.69) is 13.0 Å². The summed E-state index contributed by atoms with van der Waals surface area (Å²) in [4.78, 5) is 11.3. The number of carbonyl (C=O) groups is 1. The third-order valence-electron chi connectivity index (χ3n) is 4.36. The highest BCUT2D eigenvalue weighted by atomic mass is 16.4. The van der Waals surface area contributed by atoms with E-state index in [1.807, 2.05) is 12.1 Å². The summed E-state index contributed by atoms with van der Waals surface area (Å²) in [5.74, 6) is -0.926. The second-order valence-electron chi connectivity index (χ2n) is 5.32. The standard InChI is InChI=1S/C14H16O2/c1-9-3-4-10-11(13(15)16)8-14(5-2-6-14)12(10)7-9/h3-4,7,11H,2,5-6,8H2,1H3,(H,15,16). The van der Waals surface area contributed by atoms with Crippen molar-refractivity contribution in [2.24, 2.45) is 0 Å². The number of carboxylic acids is 1. The Morgan fingerprint density at radius 1 is 1.44 bits per heavy atom. The van der Waals surface area contributed by atoms with Crippen molar-refractivity contribution >= 4 is 5.97 Å². The van der Waals surface area contributed by atoms with Gasteiger partial charge in [0.15, 0.2) is 0 Å². The van der Waals surface area contributed by atoms with Gasteiger partial charge in [0.2, 0.25) is 0 Å². The Balaban J connectivity index is 2.14. The van der Waals surface area contributed by atoms with Crippen LogP contribution >= 0.6 is 0 Å². The fourth-order valence-electron chi connectivity index (χ4n) is 3.34. The quantitative estimate of drug-likeness (QED) is 0.783. The van der Waals surface area contributed by atoms with Gasteiger partial charge in [0.05, 0.1) is 5.92 Å². The number of aliphatic carboxylic acids is 1. The summed E-state index contributed by atoms with van der Waals surface area (Å²) in [7, 11) is 0. The van der Waals surface area contributed by atoms with E-state index in [-0.39, 0.29) is 11.3 Å². The minimum Gasteiger partial charge on any atom is -0.481 e. The molecule has 1 aromatic rings. The fourth-order valence-corrected chi connectivity index (χ4v) is 3.34. The van der Waals surface area contributed by atoms with Crippen molar-refractivity contribution in [1.82, 2.24) is 0 Å². The molecule has 1 fully saturated rings. The predicted molar refractivity (Wildman–Crippen MR) is 61.7 cm³/mol. The summed E-state index contributed by atoms with van der Waals surface area (Å²) in [5, 5.41) is 9.28. The molecule has 0 bridgehead atoms. The van der Waals surface area contributed by atoms with Gasteiger partial charge >= 0.3 is 5.97 Å². The Morgan fingerprint density at radius 3 is 2.75 bits per heavy atom. The Kier molecular flexibility index (Phi) is 1.91. The van der Waals surface area contributed by atoms with Crippen molar-refractivity contribution in [3.63, 3.8) is 0 Å². The lowest BCUT2D eigenvalue weighted by Gasteiger charge is -2.39. The Bertz CT molecular complexity index is 458. The van der Waals surface area contributed by atoms with Crippen molar-refractivity contribution < 1.29 is 9.90 Å². The molecule has 1 saturated carbocycles. The first-order valence-corrected chi connectivity index (χ1v) is 5.96. The van der Waals surface area contributed by atoms with Gasteiger partial charge in [-0.2, -0.15) is 0 Å². The van der Waals surface area contributed by atoms with Crippen LogP contribution in [0, 0.1) is 6.92 Å². The number of aryl methyl sites for hydroxylation is 1. The summed E-state index contributed by atoms with van der Waals surface area (Å²) in [6.45, 7) is 2.08. The van der Waals surface area contributed by atoms with Crippen LogP contribution in [0.1, 0.15) is 48.3 Å². The molecule has 1 spiro atoms. The van der Waals surface area contributed by atoms with E-state index in [4.69, 9.17) is 0 Å². The number of fused-ring (bicyclic) bond motifs is 2. The van der Waals surface area contributed by atoms with Gasteiger partial charge in [-0.1, -0.05) is 30.2 Å². The second kappa shape index (κ2) is 3.09. The average Bonchev–Trinajstić information content (AvgIpc) is 2.51. The minimum atomic E-state index is -0.658. The van der Waals surface area contributed by atoms with Crippen LogP contribution in [0.3, 0.4) is 0 Å². The van der Waals surface area contributed by atoms with Gasteiger partial charge in [-0.05, 0) is 42.7 Å². The van der Waals surface area contributed by atoms with Gasteiger partial charge in [0.25, 0.3) is 0 Å². The lowest BCUT2D eigenvalue weighted by molar-refractivity contribution is -0.139. The average molecular weight is 216 g/mol. The first-order valence-electron chi connectivity index (χ1n) is 5.96. The normalized spacial score (nSPS) is 25.2. The Morgan fingerprint density at radius 2 is 2.19 bits per heavy atom. The minimum absolute atomic E-state index is 0.213. The monoisotopic (exact) mass is 216 g/mol. The third-order valence-corrected chi connectivity index (χ3v) is 4.36. The molecule has 0 saturated heterocycles. The number of carboxylic acid groups (broad SMARTS) is 1. The smallest absolute Gasteiger partial charge is 0.311 e. The molecular weight excluding hydrogens is 200 g/mol. The zero-order valence-corrected chi connectivity index (χ0v) is 9.49. The van der Waals surface area contributed by atoms with Gasteiger partial charge in [0.1, 0.15) is 0 Å². The molecule has 2 heteroatoms. The fraction of sp³-hybridized carbons (Fsp3) is 0.500. The predicted octanol–water partition coefficient (Wildman–Crippen LogP) is 2.99. The number of hydrogen-bond acceptors (Lipinski definition) is 1. The molecule has 1 unspecified atom stereocenters. The van der Waals surface area contributed by atoms with Gasteiger partial charge in [-0.25, -0.2) is 0 Å². The SMILES string of the molecule is Cc1ccc2c(c1)C1(CCC1)CC2C(=O)O. The topological polar surface area (TPSA) is 37.3 Å². The first-order chi connectivity index (χ1) is 7.62. The molecule has 0 heterocycles. The lowest BCUT2D eigenvalue weighted by Crippen LogP contribution is -2.32. The number of benzene rings is 1.